The number of halogens is 1. The molecule has 3 atom stereocenters. The van der Waals surface area contributed by atoms with Crippen molar-refractivity contribution in [1.29, 1.82) is 0 Å². The first-order valence-electron chi connectivity index (χ1n) is 13.0. The maximum Gasteiger partial charge on any atom is 0.198 e. The number of benzene rings is 3. The zero-order chi connectivity index (χ0) is 27.7. The van der Waals surface area contributed by atoms with Crippen molar-refractivity contribution in [1.82, 2.24) is 0 Å². The predicted molar refractivity (Wildman–Crippen MR) is 150 cm³/mol. The molecule has 3 aromatic carbocycles. The molecule has 0 spiro atoms. The molecule has 0 amide bonds. The number of phenolic OH excluding ortho intramolecular Hbond substituents is 1. The van der Waals surface area contributed by atoms with Crippen molar-refractivity contribution >= 4 is 7.37 Å². The Labute approximate surface area is 225 Å². The first-order valence-corrected chi connectivity index (χ1v) is 15.3. The Morgan fingerprint density at radius 1 is 1.05 bits per heavy atom. The molecule has 0 saturated heterocycles. The van der Waals surface area contributed by atoms with E-state index in [1.165, 1.54) is 24.9 Å². The molecule has 38 heavy (non-hydrogen) atoms. The number of phenols is 1. The van der Waals surface area contributed by atoms with E-state index in [0.717, 1.165) is 29.5 Å². The average molecular weight is 541 g/mol. The molecule has 1 saturated carbocycles. The fourth-order valence-corrected chi connectivity index (χ4v) is 6.46. The highest BCUT2D eigenvalue weighted by atomic mass is 31.2. The van der Waals surface area contributed by atoms with Crippen molar-refractivity contribution in [3.63, 3.8) is 0 Å². The normalized spacial score (nSPS) is 17.0. The molecule has 0 aromatic heterocycles. The fraction of sp³-hybridized carbons (Fsp3) is 0.419. The van der Waals surface area contributed by atoms with Crippen LogP contribution in [-0.2, 0) is 15.9 Å². The van der Waals surface area contributed by atoms with Crippen molar-refractivity contribution in [2.75, 3.05) is 19.9 Å². The second-order valence-electron chi connectivity index (χ2n) is 11.6. The van der Waals surface area contributed by atoms with Gasteiger partial charge in [0.1, 0.15) is 23.9 Å². The lowest BCUT2D eigenvalue weighted by Gasteiger charge is -2.32. The van der Waals surface area contributed by atoms with E-state index >= 15 is 0 Å². The Morgan fingerprint density at radius 3 is 2.42 bits per heavy atom. The monoisotopic (exact) mass is 540 g/mol. The largest absolute Gasteiger partial charge is 0.508 e. The van der Waals surface area contributed by atoms with Crippen LogP contribution < -0.4 is 4.74 Å². The van der Waals surface area contributed by atoms with Gasteiger partial charge in [-0.2, -0.15) is 0 Å². The van der Waals surface area contributed by atoms with Gasteiger partial charge >= 0.3 is 0 Å². The smallest absolute Gasteiger partial charge is 0.198 e. The number of ether oxygens (including phenoxy) is 2. The van der Waals surface area contributed by atoms with Gasteiger partial charge in [0, 0.05) is 25.5 Å². The summed E-state index contributed by atoms with van der Waals surface area (Å²) < 4.78 is 39.0. The molecular weight excluding hydrogens is 502 g/mol. The van der Waals surface area contributed by atoms with Crippen LogP contribution in [0, 0.1) is 17.2 Å². The highest BCUT2D eigenvalue weighted by molar-refractivity contribution is 7.57. The molecule has 0 radical (unpaired) electrons. The van der Waals surface area contributed by atoms with E-state index in [2.05, 4.69) is 20.8 Å². The number of rotatable bonds is 10. The third kappa shape index (κ3) is 7.05. The van der Waals surface area contributed by atoms with Gasteiger partial charge in [0.15, 0.2) is 7.37 Å². The maximum absolute atomic E-state index is 14.8. The average Bonchev–Trinajstić information content (AvgIpc) is 3.68. The van der Waals surface area contributed by atoms with Crippen LogP contribution in [0.5, 0.6) is 11.5 Å². The second-order valence-corrected chi connectivity index (χ2v) is 14.1. The van der Waals surface area contributed by atoms with Crippen molar-refractivity contribution in [2.45, 2.75) is 52.2 Å². The van der Waals surface area contributed by atoms with E-state index in [-0.39, 0.29) is 29.3 Å². The lowest BCUT2D eigenvalue weighted by molar-refractivity contribution is 0.0155. The summed E-state index contributed by atoms with van der Waals surface area (Å²) in [6.45, 7) is 7.92. The Balaban J connectivity index is 1.63. The highest BCUT2D eigenvalue weighted by Crippen LogP contribution is 2.51. The number of hydrogen-bond donors (Lipinski definition) is 2. The fourth-order valence-electron chi connectivity index (χ4n) is 5.22. The van der Waals surface area contributed by atoms with E-state index in [0.29, 0.717) is 29.4 Å². The quantitative estimate of drug-likeness (QED) is 0.256. The Morgan fingerprint density at radius 2 is 1.79 bits per heavy atom. The number of hydrogen-bond acceptors (Lipinski definition) is 4. The van der Waals surface area contributed by atoms with Crippen molar-refractivity contribution in [3.05, 3.63) is 83.2 Å². The zero-order valence-electron chi connectivity index (χ0n) is 22.8. The molecule has 2 unspecified atom stereocenters. The summed E-state index contributed by atoms with van der Waals surface area (Å²) in [4.78, 5) is 10.0. The van der Waals surface area contributed by atoms with Crippen LogP contribution in [0.2, 0.25) is 0 Å². The molecule has 0 heterocycles. The SMILES string of the molecule is COC(c1cc(COc2cccc([C@@H](CP(C)(=O)O)C3CC3)c2)ccc1-c1cc(O)ccc1F)C(C)(C)C. The van der Waals surface area contributed by atoms with Gasteiger partial charge in [-0.1, -0.05) is 45.0 Å². The molecule has 1 aliphatic carbocycles. The van der Waals surface area contributed by atoms with Crippen LogP contribution in [-0.4, -0.2) is 29.9 Å². The van der Waals surface area contributed by atoms with Crippen molar-refractivity contribution in [3.8, 4) is 22.6 Å². The minimum Gasteiger partial charge on any atom is -0.508 e. The van der Waals surface area contributed by atoms with Crippen LogP contribution in [0.25, 0.3) is 11.1 Å². The molecule has 3 aromatic rings. The van der Waals surface area contributed by atoms with E-state index in [1.54, 1.807) is 7.11 Å². The van der Waals surface area contributed by atoms with Gasteiger partial charge in [0.25, 0.3) is 0 Å². The van der Waals surface area contributed by atoms with Gasteiger partial charge in [-0.05, 0) is 88.7 Å². The van der Waals surface area contributed by atoms with Crippen LogP contribution in [0.4, 0.5) is 4.39 Å². The van der Waals surface area contributed by atoms with E-state index in [1.807, 2.05) is 42.5 Å². The van der Waals surface area contributed by atoms with Crippen LogP contribution in [0.15, 0.2) is 60.7 Å². The summed E-state index contributed by atoms with van der Waals surface area (Å²) in [6, 6.07) is 17.6. The maximum atomic E-state index is 14.8. The first kappa shape index (κ1) is 28.4. The molecular formula is C31H38FO5P. The molecule has 1 fully saturated rings. The summed E-state index contributed by atoms with van der Waals surface area (Å²) >= 11 is 0. The zero-order valence-corrected chi connectivity index (χ0v) is 23.7. The molecule has 204 valence electrons. The molecule has 0 aliphatic heterocycles. The van der Waals surface area contributed by atoms with E-state index in [4.69, 9.17) is 9.47 Å². The predicted octanol–water partition coefficient (Wildman–Crippen LogP) is 7.90. The van der Waals surface area contributed by atoms with E-state index in [9.17, 15) is 19.0 Å². The van der Waals surface area contributed by atoms with Crippen LogP contribution in [0.3, 0.4) is 0 Å². The summed E-state index contributed by atoms with van der Waals surface area (Å²) in [5, 5.41) is 10.0. The third-order valence-electron chi connectivity index (χ3n) is 7.08. The summed E-state index contributed by atoms with van der Waals surface area (Å²) in [5.74, 6) is 0.771. The number of aromatic hydroxyl groups is 1. The minimum atomic E-state index is -3.14. The highest BCUT2D eigenvalue weighted by Gasteiger charge is 2.35. The van der Waals surface area contributed by atoms with Gasteiger partial charge in [0.05, 0.1) is 6.10 Å². The molecule has 4 rings (SSSR count). The Hall–Kier alpha value is -2.66. The van der Waals surface area contributed by atoms with Gasteiger partial charge in [-0.3, -0.25) is 4.57 Å². The molecule has 1 aliphatic rings. The van der Waals surface area contributed by atoms with Gasteiger partial charge in [-0.25, -0.2) is 4.39 Å². The third-order valence-corrected chi connectivity index (χ3v) is 8.15. The lowest BCUT2D eigenvalue weighted by Crippen LogP contribution is -2.21. The van der Waals surface area contributed by atoms with Crippen LogP contribution in [0.1, 0.15) is 62.3 Å². The minimum absolute atomic E-state index is 0.00510. The lowest BCUT2D eigenvalue weighted by atomic mass is 9.81. The van der Waals surface area contributed by atoms with Gasteiger partial charge in [-0.15, -0.1) is 0 Å². The Kier molecular flexibility index (Phi) is 8.37. The van der Waals surface area contributed by atoms with Gasteiger partial charge < -0.3 is 19.5 Å². The summed E-state index contributed by atoms with van der Waals surface area (Å²) in [6.07, 6.45) is 2.12. The van der Waals surface area contributed by atoms with E-state index < -0.39 is 13.2 Å². The Bertz CT molecular complexity index is 1320. The van der Waals surface area contributed by atoms with Crippen molar-refractivity contribution in [2.24, 2.45) is 11.3 Å². The second kappa shape index (κ2) is 11.2. The topological polar surface area (TPSA) is 76.0 Å². The molecule has 5 nitrogen and oxygen atoms in total. The number of methoxy groups -OCH3 is 1. The van der Waals surface area contributed by atoms with Crippen LogP contribution >= 0.6 is 7.37 Å². The molecule has 7 heteroatoms. The summed E-state index contributed by atoms with van der Waals surface area (Å²) in [5.41, 5.74) is 3.45. The molecule has 0 bridgehead atoms. The van der Waals surface area contributed by atoms with Gasteiger partial charge in [0.2, 0.25) is 0 Å². The first-order chi connectivity index (χ1) is 17.9. The molecule has 2 N–H and O–H groups in total. The standard InChI is InChI=1S/C31H38FO5P/c1-31(2,3)30(36-4)27-15-20(9-13-25(27)26-17-23(33)12-14-29(26)32)18-37-24-8-6-7-22(16-24)28(21-10-11-21)19-38(5,34)35/h6-9,12-17,21,28,30,33H,10-11,18-19H2,1-5H3,(H,34,35)/t28-,30?/m0/s1. The summed E-state index contributed by atoms with van der Waals surface area (Å²) in [7, 11) is -1.50. The van der Waals surface area contributed by atoms with Crippen molar-refractivity contribution < 1.29 is 28.4 Å².